The van der Waals surface area contributed by atoms with Gasteiger partial charge in [0.1, 0.15) is 0 Å². The minimum absolute atomic E-state index is 0.0733. The average Bonchev–Trinajstić information content (AvgIpc) is 3.26. The summed E-state index contributed by atoms with van der Waals surface area (Å²) >= 11 is 3.51. The highest BCUT2D eigenvalue weighted by Crippen LogP contribution is 2.35. The molecule has 0 bridgehead atoms. The van der Waals surface area contributed by atoms with Gasteiger partial charge in [0.25, 0.3) is 0 Å². The first-order valence-electron chi connectivity index (χ1n) is 8.16. The molecule has 2 rings (SSSR count). The Morgan fingerprint density at radius 2 is 1.90 bits per heavy atom. The molecule has 1 fully saturated rings. The third kappa shape index (κ3) is 4.80. The second kappa shape index (κ2) is 7.26. The summed E-state index contributed by atoms with van der Waals surface area (Å²) in [4.78, 5) is 2.69. The lowest BCUT2D eigenvalue weighted by atomic mass is 9.90. The monoisotopic (exact) mass is 352 g/mol. The third-order valence-corrected chi connectivity index (χ3v) is 5.10. The van der Waals surface area contributed by atoms with Crippen molar-refractivity contribution in [1.29, 1.82) is 0 Å². The van der Waals surface area contributed by atoms with Crippen LogP contribution >= 0.6 is 15.9 Å². The fraction of sp³-hybridized carbons (Fsp3) is 0.667. The SMILES string of the molecule is CC(C)CCN(C1CC1)C(C)(CN)Cc1ccc(Br)cc1. The van der Waals surface area contributed by atoms with E-state index >= 15 is 0 Å². The summed E-state index contributed by atoms with van der Waals surface area (Å²) in [7, 11) is 0. The van der Waals surface area contributed by atoms with Crippen LogP contribution in [0, 0.1) is 5.92 Å². The number of hydrogen-bond acceptors (Lipinski definition) is 2. The van der Waals surface area contributed by atoms with E-state index in [1.54, 1.807) is 0 Å². The quantitative estimate of drug-likeness (QED) is 0.758. The highest BCUT2D eigenvalue weighted by atomic mass is 79.9. The second-order valence-electron chi connectivity index (χ2n) is 7.11. The van der Waals surface area contributed by atoms with Crippen LogP contribution in [0.15, 0.2) is 28.7 Å². The molecule has 1 saturated carbocycles. The molecule has 1 aliphatic rings. The summed E-state index contributed by atoms with van der Waals surface area (Å²) in [6, 6.07) is 9.44. The predicted molar refractivity (Wildman–Crippen MR) is 94.5 cm³/mol. The first kappa shape index (κ1) is 17.0. The Morgan fingerprint density at radius 3 is 2.38 bits per heavy atom. The van der Waals surface area contributed by atoms with E-state index in [9.17, 15) is 0 Å². The number of nitrogens with zero attached hydrogens (tertiary/aromatic N) is 1. The van der Waals surface area contributed by atoms with Gasteiger partial charge >= 0.3 is 0 Å². The smallest absolute Gasteiger partial charge is 0.0346 e. The van der Waals surface area contributed by atoms with Crippen molar-refractivity contribution in [2.75, 3.05) is 13.1 Å². The van der Waals surface area contributed by atoms with Gasteiger partial charge < -0.3 is 5.73 Å². The highest BCUT2D eigenvalue weighted by Gasteiger charge is 2.40. The van der Waals surface area contributed by atoms with E-state index in [0.717, 1.165) is 29.4 Å². The molecule has 1 atom stereocenters. The first-order chi connectivity index (χ1) is 9.94. The van der Waals surface area contributed by atoms with E-state index in [0.29, 0.717) is 0 Å². The molecule has 0 amide bonds. The Kier molecular flexibility index (Phi) is 5.87. The topological polar surface area (TPSA) is 29.3 Å². The molecule has 0 heterocycles. The fourth-order valence-electron chi connectivity index (χ4n) is 3.01. The van der Waals surface area contributed by atoms with Crippen LogP contribution in [0.3, 0.4) is 0 Å². The molecule has 1 aliphatic carbocycles. The number of rotatable bonds is 8. The number of nitrogens with two attached hydrogens (primary N) is 1. The van der Waals surface area contributed by atoms with E-state index in [2.05, 4.69) is 65.9 Å². The number of benzene rings is 1. The molecule has 0 aliphatic heterocycles. The van der Waals surface area contributed by atoms with Crippen molar-refractivity contribution in [3.63, 3.8) is 0 Å². The molecule has 0 aromatic heterocycles. The zero-order chi connectivity index (χ0) is 15.5. The van der Waals surface area contributed by atoms with Crippen LogP contribution in [-0.4, -0.2) is 29.6 Å². The van der Waals surface area contributed by atoms with Gasteiger partial charge in [-0.25, -0.2) is 0 Å². The van der Waals surface area contributed by atoms with Crippen molar-refractivity contribution in [2.45, 2.75) is 58.0 Å². The van der Waals surface area contributed by atoms with Crippen molar-refractivity contribution in [1.82, 2.24) is 4.90 Å². The highest BCUT2D eigenvalue weighted by molar-refractivity contribution is 9.10. The molecule has 2 nitrogen and oxygen atoms in total. The molecular formula is C18H29BrN2. The second-order valence-corrected chi connectivity index (χ2v) is 8.03. The van der Waals surface area contributed by atoms with E-state index in [-0.39, 0.29) is 5.54 Å². The van der Waals surface area contributed by atoms with Crippen LogP contribution in [0.5, 0.6) is 0 Å². The van der Waals surface area contributed by atoms with Crippen molar-refractivity contribution in [3.8, 4) is 0 Å². The minimum atomic E-state index is 0.0733. The maximum atomic E-state index is 6.21. The fourth-order valence-corrected chi connectivity index (χ4v) is 3.27. The summed E-state index contributed by atoms with van der Waals surface area (Å²) < 4.78 is 1.14. The average molecular weight is 353 g/mol. The van der Waals surface area contributed by atoms with E-state index < -0.39 is 0 Å². The maximum Gasteiger partial charge on any atom is 0.0346 e. The summed E-state index contributed by atoms with van der Waals surface area (Å²) in [5, 5.41) is 0. The summed E-state index contributed by atoms with van der Waals surface area (Å²) in [5.41, 5.74) is 7.66. The lowest BCUT2D eigenvalue weighted by Gasteiger charge is -2.42. The number of hydrogen-bond donors (Lipinski definition) is 1. The molecule has 2 N–H and O–H groups in total. The molecule has 1 unspecified atom stereocenters. The van der Waals surface area contributed by atoms with Gasteiger partial charge in [0.15, 0.2) is 0 Å². The Bertz CT molecular complexity index is 439. The van der Waals surface area contributed by atoms with Crippen LogP contribution in [0.1, 0.15) is 45.6 Å². The molecule has 1 aromatic rings. The third-order valence-electron chi connectivity index (χ3n) is 4.57. The van der Waals surface area contributed by atoms with E-state index in [1.165, 1.54) is 31.4 Å². The lowest BCUT2D eigenvalue weighted by molar-refractivity contribution is 0.0944. The van der Waals surface area contributed by atoms with Gasteiger partial charge in [-0.05, 0) is 62.8 Å². The predicted octanol–water partition coefficient (Wildman–Crippen LogP) is 4.22. The Hall–Kier alpha value is -0.380. The van der Waals surface area contributed by atoms with E-state index in [1.807, 2.05) is 0 Å². The molecular weight excluding hydrogens is 324 g/mol. The van der Waals surface area contributed by atoms with Gasteiger partial charge in [0, 0.05) is 22.6 Å². The minimum Gasteiger partial charge on any atom is -0.329 e. The normalized spacial score (nSPS) is 18.2. The van der Waals surface area contributed by atoms with Gasteiger partial charge in [-0.15, -0.1) is 0 Å². The molecule has 1 aromatic carbocycles. The van der Waals surface area contributed by atoms with Crippen molar-refractivity contribution in [2.24, 2.45) is 11.7 Å². The Morgan fingerprint density at radius 1 is 1.29 bits per heavy atom. The van der Waals surface area contributed by atoms with E-state index in [4.69, 9.17) is 5.73 Å². The van der Waals surface area contributed by atoms with Crippen LogP contribution in [-0.2, 0) is 6.42 Å². The van der Waals surface area contributed by atoms with Crippen molar-refractivity contribution < 1.29 is 0 Å². The largest absolute Gasteiger partial charge is 0.329 e. The van der Waals surface area contributed by atoms with Gasteiger partial charge in [0.05, 0.1) is 0 Å². The molecule has 3 heteroatoms. The lowest BCUT2D eigenvalue weighted by Crippen LogP contribution is -2.54. The number of halogens is 1. The summed E-state index contributed by atoms with van der Waals surface area (Å²) in [6.07, 6.45) is 4.97. The standard InChI is InChI=1S/C18H29BrN2/c1-14(2)10-11-21(17-8-9-17)18(3,13-20)12-15-4-6-16(19)7-5-15/h4-7,14,17H,8-13,20H2,1-3H3. The van der Waals surface area contributed by atoms with Crippen LogP contribution in [0.25, 0.3) is 0 Å². The van der Waals surface area contributed by atoms with Gasteiger partial charge in [-0.3, -0.25) is 4.90 Å². The van der Waals surface area contributed by atoms with Crippen molar-refractivity contribution in [3.05, 3.63) is 34.3 Å². The maximum absolute atomic E-state index is 6.21. The van der Waals surface area contributed by atoms with Gasteiger partial charge in [-0.1, -0.05) is 41.9 Å². The molecule has 21 heavy (non-hydrogen) atoms. The summed E-state index contributed by atoms with van der Waals surface area (Å²) in [5.74, 6) is 0.751. The van der Waals surface area contributed by atoms with Crippen LogP contribution < -0.4 is 5.73 Å². The van der Waals surface area contributed by atoms with Gasteiger partial charge in [0.2, 0.25) is 0 Å². The molecule has 0 radical (unpaired) electrons. The molecule has 0 saturated heterocycles. The Labute approximate surface area is 138 Å². The zero-order valence-corrected chi connectivity index (χ0v) is 15.2. The molecule has 0 spiro atoms. The first-order valence-corrected chi connectivity index (χ1v) is 8.95. The van der Waals surface area contributed by atoms with Gasteiger partial charge in [-0.2, -0.15) is 0 Å². The Balaban J connectivity index is 2.10. The summed E-state index contributed by atoms with van der Waals surface area (Å²) in [6.45, 7) is 8.84. The zero-order valence-electron chi connectivity index (χ0n) is 13.6. The van der Waals surface area contributed by atoms with Crippen LogP contribution in [0.2, 0.25) is 0 Å². The molecule has 118 valence electrons. The van der Waals surface area contributed by atoms with Crippen molar-refractivity contribution >= 4 is 15.9 Å². The van der Waals surface area contributed by atoms with Crippen LogP contribution in [0.4, 0.5) is 0 Å².